The van der Waals surface area contributed by atoms with Crippen LogP contribution >= 0.6 is 11.3 Å². The highest BCUT2D eigenvalue weighted by Gasteiger charge is 2.25. The van der Waals surface area contributed by atoms with Crippen LogP contribution in [0, 0.1) is 11.3 Å². The second-order valence-electron chi connectivity index (χ2n) is 6.16. The number of aromatic nitrogens is 1. The van der Waals surface area contributed by atoms with Gasteiger partial charge in [-0.3, -0.25) is 4.79 Å². The van der Waals surface area contributed by atoms with Crippen molar-refractivity contribution in [1.29, 1.82) is 5.26 Å². The number of hydrogen-bond donors (Lipinski definition) is 0. The van der Waals surface area contributed by atoms with Crippen molar-refractivity contribution in [2.75, 3.05) is 31.1 Å². The van der Waals surface area contributed by atoms with Gasteiger partial charge in [0.15, 0.2) is 0 Å². The number of nitrogens with zero attached hydrogens (tertiary/aromatic N) is 4. The average Bonchev–Trinajstić information content (AvgIpc) is 3.11. The molecule has 0 radical (unpaired) electrons. The zero-order valence-electron chi connectivity index (χ0n) is 13.9. The molecule has 0 atom stereocenters. The highest BCUT2D eigenvalue weighted by atomic mass is 32.1. The van der Waals surface area contributed by atoms with Gasteiger partial charge in [0.05, 0.1) is 10.4 Å². The number of piperazine rings is 1. The van der Waals surface area contributed by atoms with Crippen LogP contribution in [-0.4, -0.2) is 42.0 Å². The predicted molar refractivity (Wildman–Crippen MR) is 95.5 cm³/mol. The number of rotatable bonds is 3. The third kappa shape index (κ3) is 3.26. The fraction of sp³-hybridized carbons (Fsp3) is 0.389. The van der Waals surface area contributed by atoms with Crippen LogP contribution in [0.3, 0.4) is 0 Å². The maximum Gasteiger partial charge on any atom is 0.264 e. The summed E-state index contributed by atoms with van der Waals surface area (Å²) in [5.41, 5.74) is 1.70. The van der Waals surface area contributed by atoms with Crippen LogP contribution < -0.4 is 4.90 Å². The number of pyridine rings is 1. The number of carbonyl (C=O) groups is 1. The largest absolute Gasteiger partial charge is 0.353 e. The minimum atomic E-state index is 0.140. The van der Waals surface area contributed by atoms with Crippen molar-refractivity contribution in [3.63, 3.8) is 0 Å². The van der Waals surface area contributed by atoms with Gasteiger partial charge in [0.25, 0.3) is 5.91 Å². The summed E-state index contributed by atoms with van der Waals surface area (Å²) >= 11 is 1.53. The molecule has 2 aromatic rings. The summed E-state index contributed by atoms with van der Waals surface area (Å²) in [6, 6.07) is 7.78. The number of hydrogen-bond acceptors (Lipinski definition) is 5. The summed E-state index contributed by atoms with van der Waals surface area (Å²) in [5.74, 6) is 1.36. The van der Waals surface area contributed by atoms with E-state index >= 15 is 0 Å². The molecule has 3 rings (SSSR count). The van der Waals surface area contributed by atoms with Crippen LogP contribution in [0.25, 0.3) is 0 Å². The third-order valence-corrected chi connectivity index (χ3v) is 5.20. The summed E-state index contributed by atoms with van der Waals surface area (Å²) in [6.07, 6.45) is 1.59. The molecule has 1 amide bonds. The van der Waals surface area contributed by atoms with Crippen molar-refractivity contribution in [2.24, 2.45) is 0 Å². The third-order valence-electron chi connectivity index (χ3n) is 4.28. The maximum atomic E-state index is 12.8. The molecule has 5 nitrogen and oxygen atoms in total. The number of amides is 1. The molecule has 0 unspecified atom stereocenters. The van der Waals surface area contributed by atoms with E-state index in [9.17, 15) is 4.79 Å². The SMILES string of the molecule is CC(C)c1ccsc1C(=O)N1CCN(c2ccc(C#N)cn2)CC1. The normalized spacial score (nSPS) is 14.8. The fourth-order valence-corrected chi connectivity index (χ4v) is 3.89. The quantitative estimate of drug-likeness (QED) is 0.861. The van der Waals surface area contributed by atoms with Gasteiger partial charge in [-0.15, -0.1) is 11.3 Å². The van der Waals surface area contributed by atoms with Crippen molar-refractivity contribution in [3.05, 3.63) is 45.8 Å². The van der Waals surface area contributed by atoms with E-state index in [1.807, 2.05) is 16.3 Å². The molecule has 124 valence electrons. The lowest BCUT2D eigenvalue weighted by Gasteiger charge is -2.35. The second kappa shape index (κ2) is 7.02. The molecule has 3 heterocycles. The Balaban J connectivity index is 1.65. The molecule has 0 bridgehead atoms. The van der Waals surface area contributed by atoms with Gasteiger partial charge in [-0.25, -0.2) is 4.98 Å². The van der Waals surface area contributed by atoms with Gasteiger partial charge >= 0.3 is 0 Å². The van der Waals surface area contributed by atoms with E-state index in [2.05, 4.69) is 35.9 Å². The number of anilines is 1. The Morgan fingerprint density at radius 3 is 2.58 bits per heavy atom. The van der Waals surface area contributed by atoms with E-state index in [1.54, 1.807) is 12.3 Å². The molecule has 1 saturated heterocycles. The Morgan fingerprint density at radius 2 is 2.00 bits per heavy atom. The summed E-state index contributed by atoms with van der Waals surface area (Å²) in [7, 11) is 0. The van der Waals surface area contributed by atoms with Gasteiger partial charge in [0, 0.05) is 32.4 Å². The Labute approximate surface area is 146 Å². The van der Waals surface area contributed by atoms with Gasteiger partial charge in [-0.05, 0) is 35.1 Å². The van der Waals surface area contributed by atoms with E-state index in [0.29, 0.717) is 24.6 Å². The highest BCUT2D eigenvalue weighted by molar-refractivity contribution is 7.12. The monoisotopic (exact) mass is 340 g/mol. The molecular formula is C18H20N4OS. The lowest BCUT2D eigenvalue weighted by Crippen LogP contribution is -2.49. The first kappa shape index (κ1) is 16.5. The molecule has 0 spiro atoms. The summed E-state index contributed by atoms with van der Waals surface area (Å²) in [5, 5.41) is 10.8. The van der Waals surface area contributed by atoms with E-state index in [4.69, 9.17) is 5.26 Å². The first-order valence-corrected chi connectivity index (χ1v) is 8.96. The van der Waals surface area contributed by atoms with E-state index in [1.165, 1.54) is 11.3 Å². The summed E-state index contributed by atoms with van der Waals surface area (Å²) in [4.78, 5) is 22.1. The van der Waals surface area contributed by atoms with Crippen LogP contribution in [0.4, 0.5) is 5.82 Å². The minimum Gasteiger partial charge on any atom is -0.353 e. The fourth-order valence-electron chi connectivity index (χ4n) is 2.87. The zero-order valence-corrected chi connectivity index (χ0v) is 14.7. The van der Waals surface area contributed by atoms with E-state index in [-0.39, 0.29) is 5.91 Å². The molecule has 0 aliphatic carbocycles. The Kier molecular flexibility index (Phi) is 4.81. The molecule has 0 aromatic carbocycles. The molecule has 1 aliphatic heterocycles. The topological polar surface area (TPSA) is 60.2 Å². The lowest BCUT2D eigenvalue weighted by atomic mass is 10.0. The van der Waals surface area contributed by atoms with Crippen molar-refractivity contribution in [2.45, 2.75) is 19.8 Å². The van der Waals surface area contributed by atoms with E-state index < -0.39 is 0 Å². The average molecular weight is 340 g/mol. The molecule has 0 N–H and O–H groups in total. The lowest BCUT2D eigenvalue weighted by molar-refractivity contribution is 0.0750. The number of thiophene rings is 1. The first-order valence-electron chi connectivity index (χ1n) is 8.08. The Morgan fingerprint density at radius 1 is 1.25 bits per heavy atom. The van der Waals surface area contributed by atoms with Crippen LogP contribution in [0.1, 0.15) is 40.6 Å². The zero-order chi connectivity index (χ0) is 17.1. The second-order valence-corrected chi connectivity index (χ2v) is 7.07. The van der Waals surface area contributed by atoms with Crippen LogP contribution in [0.5, 0.6) is 0 Å². The Bertz CT molecular complexity index is 752. The number of carbonyl (C=O) groups excluding carboxylic acids is 1. The molecule has 1 fully saturated rings. The van der Waals surface area contributed by atoms with E-state index in [0.717, 1.165) is 29.3 Å². The van der Waals surface area contributed by atoms with Gasteiger partial charge in [-0.1, -0.05) is 13.8 Å². The molecule has 6 heteroatoms. The Hall–Kier alpha value is -2.39. The molecule has 0 saturated carbocycles. The van der Waals surface area contributed by atoms with Crippen molar-refractivity contribution < 1.29 is 4.79 Å². The first-order chi connectivity index (χ1) is 11.6. The van der Waals surface area contributed by atoms with Crippen LogP contribution in [0.2, 0.25) is 0 Å². The maximum absolute atomic E-state index is 12.8. The molecule has 2 aromatic heterocycles. The number of nitriles is 1. The van der Waals surface area contributed by atoms with Gasteiger partial charge < -0.3 is 9.80 Å². The van der Waals surface area contributed by atoms with Crippen LogP contribution in [-0.2, 0) is 0 Å². The molecule has 1 aliphatic rings. The van der Waals surface area contributed by atoms with Crippen molar-refractivity contribution in [3.8, 4) is 6.07 Å². The van der Waals surface area contributed by atoms with Crippen molar-refractivity contribution in [1.82, 2.24) is 9.88 Å². The van der Waals surface area contributed by atoms with Gasteiger partial charge in [0.1, 0.15) is 11.9 Å². The smallest absolute Gasteiger partial charge is 0.264 e. The summed E-state index contributed by atoms with van der Waals surface area (Å²) in [6.45, 7) is 7.13. The minimum absolute atomic E-state index is 0.140. The highest BCUT2D eigenvalue weighted by Crippen LogP contribution is 2.26. The molecule has 24 heavy (non-hydrogen) atoms. The predicted octanol–water partition coefficient (Wildman–Crippen LogP) is 3.10. The summed E-state index contributed by atoms with van der Waals surface area (Å²) < 4.78 is 0. The van der Waals surface area contributed by atoms with Crippen molar-refractivity contribution >= 4 is 23.1 Å². The van der Waals surface area contributed by atoms with Gasteiger partial charge in [0.2, 0.25) is 0 Å². The molecular weight excluding hydrogens is 320 g/mol. The van der Waals surface area contributed by atoms with Gasteiger partial charge in [-0.2, -0.15) is 5.26 Å². The standard InChI is InChI=1S/C18H20N4OS/c1-13(2)15-5-10-24-17(15)18(23)22-8-6-21(7-9-22)16-4-3-14(11-19)12-20-16/h3-5,10,12-13H,6-9H2,1-2H3. The van der Waals surface area contributed by atoms with Crippen LogP contribution in [0.15, 0.2) is 29.8 Å².